The van der Waals surface area contributed by atoms with Gasteiger partial charge in [-0.25, -0.2) is 4.68 Å². The normalized spacial score (nSPS) is 22.6. The molecule has 2 heterocycles. The zero-order chi connectivity index (χ0) is 15.0. The number of piperidine rings is 1. The number of aromatic nitrogens is 3. The minimum atomic E-state index is -0.00310. The summed E-state index contributed by atoms with van der Waals surface area (Å²) in [5.74, 6) is -0.00310. The lowest BCUT2D eigenvalue weighted by molar-refractivity contribution is -0.124. The molecule has 1 aromatic rings. The Morgan fingerprint density at radius 2 is 1.90 bits per heavy atom. The number of likely N-dealkylation sites (tertiary alicyclic amines) is 1. The zero-order valence-electron chi connectivity index (χ0n) is 13.1. The van der Waals surface area contributed by atoms with E-state index < -0.39 is 0 Å². The van der Waals surface area contributed by atoms with Gasteiger partial charge in [-0.2, -0.15) is 0 Å². The Labute approximate surface area is 120 Å². The Bertz CT molecular complexity index is 448. The summed E-state index contributed by atoms with van der Waals surface area (Å²) >= 11 is 0. The van der Waals surface area contributed by atoms with E-state index in [1.807, 2.05) is 0 Å². The maximum atomic E-state index is 12.1. The van der Waals surface area contributed by atoms with Crippen LogP contribution in [0.25, 0.3) is 0 Å². The predicted octanol–water partition coefficient (Wildman–Crippen LogP) is 1.05. The van der Waals surface area contributed by atoms with Gasteiger partial charge in [-0.1, -0.05) is 5.21 Å². The molecule has 0 saturated carbocycles. The van der Waals surface area contributed by atoms with Crippen LogP contribution in [0.3, 0.4) is 0 Å². The second kappa shape index (κ2) is 5.16. The molecular formula is C14H25N5O. The molecule has 1 aliphatic rings. The Morgan fingerprint density at radius 1 is 1.30 bits per heavy atom. The summed E-state index contributed by atoms with van der Waals surface area (Å²) in [4.78, 5) is 14.5. The molecule has 0 bridgehead atoms. The first-order chi connectivity index (χ1) is 9.21. The minimum Gasteiger partial charge on any atom is -0.352 e. The number of nitrogens with zero attached hydrogens (tertiary/aromatic N) is 4. The Hall–Kier alpha value is -1.43. The van der Waals surface area contributed by atoms with E-state index in [-0.39, 0.29) is 29.6 Å². The minimum absolute atomic E-state index is 0.00310. The molecule has 6 heteroatoms. The van der Waals surface area contributed by atoms with Crippen LogP contribution in [0.2, 0.25) is 0 Å². The molecule has 0 radical (unpaired) electrons. The summed E-state index contributed by atoms with van der Waals surface area (Å²) < 4.78 is 1.54. The van der Waals surface area contributed by atoms with Crippen molar-refractivity contribution < 1.29 is 4.79 Å². The fraction of sp³-hybridized carbons (Fsp3) is 0.786. The number of nitrogens with one attached hydrogen (secondary N) is 1. The quantitative estimate of drug-likeness (QED) is 0.898. The third-order valence-electron chi connectivity index (χ3n) is 4.45. The second-order valence-corrected chi connectivity index (χ2v) is 6.96. The third kappa shape index (κ3) is 3.17. The summed E-state index contributed by atoms with van der Waals surface area (Å²) in [6.45, 7) is 9.14. The Kier molecular flexibility index (Phi) is 3.86. The van der Waals surface area contributed by atoms with E-state index in [1.165, 1.54) is 0 Å². The molecular weight excluding hydrogens is 254 g/mol. The van der Waals surface area contributed by atoms with E-state index >= 15 is 0 Å². The van der Waals surface area contributed by atoms with Crippen LogP contribution in [0.5, 0.6) is 0 Å². The molecule has 20 heavy (non-hydrogen) atoms. The maximum Gasteiger partial charge on any atom is 0.242 e. The first-order valence-electron chi connectivity index (χ1n) is 7.08. The monoisotopic (exact) mass is 279 g/mol. The summed E-state index contributed by atoms with van der Waals surface area (Å²) in [6, 6.07) is 0.201. The van der Waals surface area contributed by atoms with Crippen LogP contribution in [0.4, 0.5) is 0 Å². The van der Waals surface area contributed by atoms with Gasteiger partial charge in [0, 0.05) is 23.3 Å². The van der Waals surface area contributed by atoms with Gasteiger partial charge < -0.3 is 5.32 Å². The average molecular weight is 279 g/mol. The van der Waals surface area contributed by atoms with Crippen LogP contribution in [0.1, 0.15) is 40.5 Å². The number of carbonyl (C=O) groups excluding carboxylic acids is 1. The van der Waals surface area contributed by atoms with Crippen molar-refractivity contribution in [3.05, 3.63) is 12.4 Å². The molecule has 1 aliphatic heterocycles. The number of carbonyl (C=O) groups is 1. The Balaban J connectivity index is 1.98. The van der Waals surface area contributed by atoms with Gasteiger partial charge in [-0.3, -0.25) is 9.69 Å². The summed E-state index contributed by atoms with van der Waals surface area (Å²) in [5.41, 5.74) is 0.153. The van der Waals surface area contributed by atoms with Crippen molar-refractivity contribution in [3.8, 4) is 0 Å². The van der Waals surface area contributed by atoms with Gasteiger partial charge in [0.1, 0.15) is 6.54 Å². The molecule has 1 aromatic heterocycles. The summed E-state index contributed by atoms with van der Waals surface area (Å²) in [7, 11) is 2.16. The van der Waals surface area contributed by atoms with Crippen LogP contribution in [-0.2, 0) is 11.3 Å². The fourth-order valence-electron chi connectivity index (χ4n) is 3.21. The maximum absolute atomic E-state index is 12.1. The van der Waals surface area contributed by atoms with Gasteiger partial charge in [0.2, 0.25) is 5.91 Å². The molecule has 0 spiro atoms. The van der Waals surface area contributed by atoms with Crippen LogP contribution in [0.15, 0.2) is 12.4 Å². The SMILES string of the molecule is CN1C(C)(C)CC(NC(=O)Cn2ccnn2)CC1(C)C. The topological polar surface area (TPSA) is 63.1 Å². The average Bonchev–Trinajstić information content (AvgIpc) is 2.77. The smallest absolute Gasteiger partial charge is 0.242 e. The van der Waals surface area contributed by atoms with Crippen LogP contribution in [0, 0.1) is 0 Å². The summed E-state index contributed by atoms with van der Waals surface area (Å²) in [6.07, 6.45) is 5.18. The molecule has 2 rings (SSSR count). The zero-order valence-corrected chi connectivity index (χ0v) is 13.1. The van der Waals surface area contributed by atoms with Gasteiger partial charge in [0.15, 0.2) is 0 Å². The van der Waals surface area contributed by atoms with Crippen molar-refractivity contribution in [1.29, 1.82) is 0 Å². The van der Waals surface area contributed by atoms with Gasteiger partial charge in [0.05, 0.1) is 6.20 Å². The van der Waals surface area contributed by atoms with E-state index in [4.69, 9.17) is 0 Å². The molecule has 6 nitrogen and oxygen atoms in total. The number of hydrogen-bond acceptors (Lipinski definition) is 4. The number of rotatable bonds is 3. The number of amides is 1. The fourth-order valence-corrected chi connectivity index (χ4v) is 3.21. The molecule has 0 atom stereocenters. The standard InChI is InChI=1S/C14H25N5O/c1-13(2)8-11(9-14(3,4)18(13)5)16-12(20)10-19-7-6-15-17-19/h6-7,11H,8-10H2,1-5H3,(H,16,20). The van der Waals surface area contributed by atoms with Gasteiger partial charge in [-0.05, 0) is 47.6 Å². The Morgan fingerprint density at radius 3 is 2.40 bits per heavy atom. The van der Waals surface area contributed by atoms with Gasteiger partial charge in [0.25, 0.3) is 0 Å². The molecule has 0 aromatic carbocycles. The lowest BCUT2D eigenvalue weighted by atomic mass is 9.77. The van der Waals surface area contributed by atoms with E-state index in [0.717, 1.165) is 12.8 Å². The second-order valence-electron chi connectivity index (χ2n) is 6.96. The highest BCUT2D eigenvalue weighted by molar-refractivity contribution is 5.75. The first kappa shape index (κ1) is 15.0. The van der Waals surface area contributed by atoms with Gasteiger partial charge in [-0.15, -0.1) is 5.10 Å². The van der Waals surface area contributed by atoms with Crippen molar-refractivity contribution in [2.24, 2.45) is 0 Å². The van der Waals surface area contributed by atoms with Crippen molar-refractivity contribution >= 4 is 5.91 Å². The van der Waals surface area contributed by atoms with Crippen molar-refractivity contribution in [3.63, 3.8) is 0 Å². The van der Waals surface area contributed by atoms with Gasteiger partial charge >= 0.3 is 0 Å². The lowest BCUT2D eigenvalue weighted by Crippen LogP contribution is -2.62. The largest absolute Gasteiger partial charge is 0.352 e. The lowest BCUT2D eigenvalue weighted by Gasteiger charge is -2.53. The molecule has 1 fully saturated rings. The van der Waals surface area contributed by atoms with E-state index in [9.17, 15) is 4.79 Å². The molecule has 0 aliphatic carbocycles. The molecule has 0 unspecified atom stereocenters. The summed E-state index contributed by atoms with van der Waals surface area (Å²) in [5, 5.41) is 10.7. The molecule has 1 saturated heterocycles. The predicted molar refractivity (Wildman–Crippen MR) is 77.1 cm³/mol. The first-order valence-corrected chi connectivity index (χ1v) is 7.08. The highest BCUT2D eigenvalue weighted by atomic mass is 16.2. The van der Waals surface area contributed by atoms with E-state index in [1.54, 1.807) is 17.1 Å². The van der Waals surface area contributed by atoms with Crippen LogP contribution >= 0.6 is 0 Å². The van der Waals surface area contributed by atoms with Crippen LogP contribution in [-0.4, -0.2) is 50.0 Å². The highest BCUT2D eigenvalue weighted by Gasteiger charge is 2.43. The van der Waals surface area contributed by atoms with E-state index in [2.05, 4.69) is 55.3 Å². The highest BCUT2D eigenvalue weighted by Crippen LogP contribution is 2.36. The molecule has 1 amide bonds. The molecule has 112 valence electrons. The van der Waals surface area contributed by atoms with Crippen molar-refractivity contribution in [2.75, 3.05) is 7.05 Å². The van der Waals surface area contributed by atoms with Crippen molar-refractivity contribution in [2.45, 2.75) is 64.2 Å². The van der Waals surface area contributed by atoms with Crippen molar-refractivity contribution in [1.82, 2.24) is 25.2 Å². The number of hydrogen-bond donors (Lipinski definition) is 1. The van der Waals surface area contributed by atoms with Crippen LogP contribution < -0.4 is 5.32 Å². The molecule has 1 N–H and O–H groups in total. The third-order valence-corrected chi connectivity index (χ3v) is 4.45. The van der Waals surface area contributed by atoms with E-state index in [0.29, 0.717) is 0 Å².